The Bertz CT molecular complexity index is 648. The molecule has 0 spiro atoms. The number of unbranched alkanes of at least 4 members (excludes halogenated alkanes) is 3. The van der Waals surface area contributed by atoms with E-state index in [-0.39, 0.29) is 25.0 Å². The van der Waals surface area contributed by atoms with Gasteiger partial charge in [0.05, 0.1) is 18.6 Å². The Kier molecular flexibility index (Phi) is 13.3. The first kappa shape index (κ1) is 28.2. The number of aryl methyl sites for hydroxylation is 1. The molecule has 0 aliphatic heterocycles. The molecule has 32 heavy (non-hydrogen) atoms. The Labute approximate surface area is 194 Å². The fourth-order valence-electron chi connectivity index (χ4n) is 4.38. The van der Waals surface area contributed by atoms with Gasteiger partial charge < -0.3 is 24.8 Å². The van der Waals surface area contributed by atoms with Crippen molar-refractivity contribution in [3.8, 4) is 11.5 Å². The summed E-state index contributed by atoms with van der Waals surface area (Å²) in [6.45, 7) is 9.09. The second-order valence-electron chi connectivity index (χ2n) is 9.20. The van der Waals surface area contributed by atoms with Gasteiger partial charge in [0.15, 0.2) is 11.5 Å². The molecule has 1 aromatic carbocycles. The van der Waals surface area contributed by atoms with Crippen LogP contribution in [-0.2, 0) is 11.2 Å². The van der Waals surface area contributed by atoms with Crippen LogP contribution in [0.3, 0.4) is 0 Å². The number of aliphatic hydroxyl groups is 2. The van der Waals surface area contributed by atoms with Crippen LogP contribution in [0.5, 0.6) is 11.5 Å². The Morgan fingerprint density at radius 1 is 0.844 bits per heavy atom. The predicted molar refractivity (Wildman–Crippen MR) is 127 cm³/mol. The summed E-state index contributed by atoms with van der Waals surface area (Å²) in [5, 5.41) is 27.8. The lowest BCUT2D eigenvalue weighted by molar-refractivity contribution is -0.156. The van der Waals surface area contributed by atoms with Gasteiger partial charge in [0, 0.05) is 26.1 Å². The van der Waals surface area contributed by atoms with Gasteiger partial charge in [0.1, 0.15) is 0 Å². The number of hydrogen-bond donors (Lipinski definition) is 3. The number of rotatable bonds is 18. The lowest BCUT2D eigenvalue weighted by atomic mass is 9.66. The van der Waals surface area contributed by atoms with Crippen LogP contribution >= 0.6 is 0 Å². The van der Waals surface area contributed by atoms with E-state index < -0.39 is 11.4 Å². The quantitative estimate of drug-likeness (QED) is 0.269. The molecular formula is C26H44O6. The van der Waals surface area contributed by atoms with Gasteiger partial charge in [-0.2, -0.15) is 0 Å². The summed E-state index contributed by atoms with van der Waals surface area (Å²) in [7, 11) is 0. The summed E-state index contributed by atoms with van der Waals surface area (Å²) in [6.07, 6.45) is 6.81. The van der Waals surface area contributed by atoms with Gasteiger partial charge in [-0.25, -0.2) is 0 Å². The summed E-state index contributed by atoms with van der Waals surface area (Å²) in [6, 6.07) is 5.95. The number of aliphatic carboxylic acids is 1. The van der Waals surface area contributed by atoms with E-state index in [4.69, 9.17) is 19.7 Å². The molecule has 6 heteroatoms. The second-order valence-corrected chi connectivity index (χ2v) is 9.20. The van der Waals surface area contributed by atoms with E-state index >= 15 is 0 Å². The number of hydrogen-bond acceptors (Lipinski definition) is 5. The van der Waals surface area contributed by atoms with E-state index in [1.54, 1.807) is 0 Å². The molecule has 0 amide bonds. The standard InChI is InChI=1S/C26H44O6/c1-20(2)26(21(3)4,25(29)30)14-8-6-5-7-11-22-12-13-23(31-17-9-15-27)24(19-22)32-18-10-16-28/h12-13,19-21,27-28H,5-11,14-18H2,1-4H3,(H,29,30). The first-order valence-electron chi connectivity index (χ1n) is 12.1. The molecule has 0 saturated heterocycles. The van der Waals surface area contributed by atoms with Crippen LogP contribution in [0.2, 0.25) is 0 Å². The minimum absolute atomic E-state index is 0.0805. The second kappa shape index (κ2) is 15.1. The van der Waals surface area contributed by atoms with Gasteiger partial charge in [0.25, 0.3) is 0 Å². The molecule has 0 aromatic heterocycles. The summed E-state index contributed by atoms with van der Waals surface area (Å²) < 4.78 is 11.5. The van der Waals surface area contributed by atoms with E-state index in [0.717, 1.165) is 38.5 Å². The molecule has 1 aromatic rings. The first-order chi connectivity index (χ1) is 15.3. The molecular weight excluding hydrogens is 408 g/mol. The van der Waals surface area contributed by atoms with Gasteiger partial charge >= 0.3 is 5.97 Å². The van der Waals surface area contributed by atoms with Crippen LogP contribution in [-0.4, -0.2) is 47.7 Å². The third-order valence-electron chi connectivity index (χ3n) is 6.39. The molecule has 0 bridgehead atoms. The Morgan fingerprint density at radius 3 is 1.94 bits per heavy atom. The molecule has 0 aliphatic carbocycles. The fraction of sp³-hybridized carbons (Fsp3) is 0.731. The number of carboxylic acids is 1. The van der Waals surface area contributed by atoms with E-state index in [0.29, 0.717) is 37.6 Å². The molecule has 0 fully saturated rings. The zero-order valence-electron chi connectivity index (χ0n) is 20.4. The van der Waals surface area contributed by atoms with Crippen molar-refractivity contribution in [1.82, 2.24) is 0 Å². The molecule has 1 rings (SSSR count). The Hall–Kier alpha value is -1.79. The molecule has 0 atom stereocenters. The topological polar surface area (TPSA) is 96.2 Å². The lowest BCUT2D eigenvalue weighted by Gasteiger charge is -2.37. The monoisotopic (exact) mass is 452 g/mol. The normalized spacial score (nSPS) is 11.9. The maximum Gasteiger partial charge on any atom is 0.310 e. The first-order valence-corrected chi connectivity index (χ1v) is 12.1. The van der Waals surface area contributed by atoms with Crippen molar-refractivity contribution >= 4 is 5.97 Å². The summed E-state index contributed by atoms with van der Waals surface area (Å²) >= 11 is 0. The molecule has 0 unspecified atom stereocenters. The maximum absolute atomic E-state index is 12.0. The van der Waals surface area contributed by atoms with Gasteiger partial charge in [-0.15, -0.1) is 0 Å². The number of carboxylic acid groups (broad SMARTS) is 1. The maximum atomic E-state index is 12.0. The molecule has 0 heterocycles. The zero-order valence-corrected chi connectivity index (χ0v) is 20.4. The zero-order chi connectivity index (χ0) is 24.0. The largest absolute Gasteiger partial charge is 0.490 e. The van der Waals surface area contributed by atoms with Crippen LogP contribution in [0.25, 0.3) is 0 Å². The van der Waals surface area contributed by atoms with Crippen molar-refractivity contribution in [2.24, 2.45) is 17.3 Å². The van der Waals surface area contributed by atoms with Crippen LogP contribution in [0.4, 0.5) is 0 Å². The molecule has 184 valence electrons. The van der Waals surface area contributed by atoms with Crippen LogP contribution in [0.1, 0.15) is 78.2 Å². The highest BCUT2D eigenvalue weighted by atomic mass is 16.5. The van der Waals surface area contributed by atoms with E-state index in [1.165, 1.54) is 5.56 Å². The highest BCUT2D eigenvalue weighted by Crippen LogP contribution is 2.41. The summed E-state index contributed by atoms with van der Waals surface area (Å²) in [5.74, 6) is 0.892. The van der Waals surface area contributed by atoms with Gasteiger partial charge in [-0.05, 0) is 48.8 Å². The molecule has 0 saturated carbocycles. The van der Waals surface area contributed by atoms with Gasteiger partial charge in [0.2, 0.25) is 0 Å². The van der Waals surface area contributed by atoms with Crippen molar-refractivity contribution in [3.05, 3.63) is 23.8 Å². The third-order valence-corrected chi connectivity index (χ3v) is 6.39. The number of carbonyl (C=O) groups is 1. The minimum atomic E-state index is -0.669. The lowest BCUT2D eigenvalue weighted by Crippen LogP contribution is -2.41. The Morgan fingerprint density at radius 2 is 1.41 bits per heavy atom. The summed E-state index contributed by atoms with van der Waals surface area (Å²) in [4.78, 5) is 12.0. The SMILES string of the molecule is CC(C)C(CCCCCCc1ccc(OCCCO)c(OCCCO)c1)(C(=O)O)C(C)C. The molecule has 3 N–H and O–H groups in total. The molecule has 6 nitrogen and oxygen atoms in total. The number of ether oxygens (including phenoxy) is 2. The highest BCUT2D eigenvalue weighted by molar-refractivity contribution is 5.75. The Balaban J connectivity index is 2.57. The van der Waals surface area contributed by atoms with E-state index in [2.05, 4.69) is 0 Å². The summed E-state index contributed by atoms with van der Waals surface area (Å²) in [5.41, 5.74) is 0.523. The van der Waals surface area contributed by atoms with Crippen molar-refractivity contribution in [2.45, 2.75) is 79.1 Å². The van der Waals surface area contributed by atoms with E-state index in [9.17, 15) is 9.90 Å². The predicted octanol–water partition coefficient (Wildman–Crippen LogP) is 5.09. The average molecular weight is 453 g/mol. The molecule has 0 radical (unpaired) electrons. The molecule has 0 aliphatic rings. The van der Waals surface area contributed by atoms with Crippen molar-refractivity contribution in [2.75, 3.05) is 26.4 Å². The minimum Gasteiger partial charge on any atom is -0.490 e. The van der Waals surface area contributed by atoms with Crippen molar-refractivity contribution in [3.63, 3.8) is 0 Å². The van der Waals surface area contributed by atoms with E-state index in [1.807, 2.05) is 45.9 Å². The van der Waals surface area contributed by atoms with Crippen molar-refractivity contribution in [1.29, 1.82) is 0 Å². The van der Waals surface area contributed by atoms with Crippen LogP contribution in [0, 0.1) is 17.3 Å². The van der Waals surface area contributed by atoms with Gasteiger partial charge in [-0.1, -0.05) is 53.0 Å². The fourth-order valence-corrected chi connectivity index (χ4v) is 4.38. The van der Waals surface area contributed by atoms with Crippen molar-refractivity contribution < 1.29 is 29.6 Å². The highest BCUT2D eigenvalue weighted by Gasteiger charge is 2.43. The van der Waals surface area contributed by atoms with Gasteiger partial charge in [-0.3, -0.25) is 4.79 Å². The third kappa shape index (κ3) is 8.62. The van der Waals surface area contributed by atoms with Crippen LogP contribution < -0.4 is 9.47 Å². The average Bonchev–Trinajstić information content (AvgIpc) is 2.74. The number of aliphatic hydroxyl groups excluding tert-OH is 2. The smallest absolute Gasteiger partial charge is 0.310 e. The van der Waals surface area contributed by atoms with Crippen LogP contribution in [0.15, 0.2) is 18.2 Å². The number of benzene rings is 1.